The first-order chi connectivity index (χ1) is 10.1. The number of halogens is 3. The summed E-state index contributed by atoms with van der Waals surface area (Å²) in [4.78, 5) is 0. The van der Waals surface area contributed by atoms with E-state index in [1.807, 2.05) is 30.3 Å². The predicted molar refractivity (Wildman–Crippen MR) is 92.7 cm³/mol. The zero-order valence-corrected chi connectivity index (χ0v) is 14.9. The van der Waals surface area contributed by atoms with Gasteiger partial charge in [0.15, 0.2) is 0 Å². The molecule has 0 aliphatic heterocycles. The van der Waals surface area contributed by atoms with E-state index in [0.717, 1.165) is 27.9 Å². The van der Waals surface area contributed by atoms with Crippen LogP contribution in [0.25, 0.3) is 0 Å². The highest BCUT2D eigenvalue weighted by atomic mass is 79.9. The summed E-state index contributed by atoms with van der Waals surface area (Å²) in [6, 6.07) is 11.8. The van der Waals surface area contributed by atoms with Crippen LogP contribution in [-0.4, -0.2) is 13.7 Å². The molecule has 112 valence electrons. The van der Waals surface area contributed by atoms with Crippen molar-refractivity contribution in [3.05, 3.63) is 62.0 Å². The molecule has 5 heteroatoms. The lowest BCUT2D eigenvalue weighted by molar-refractivity contribution is 0.412. The van der Waals surface area contributed by atoms with Gasteiger partial charge in [0.1, 0.15) is 5.75 Å². The molecule has 0 radical (unpaired) electrons. The second kappa shape index (κ2) is 7.50. The topological polar surface area (TPSA) is 21.3 Å². The molecule has 2 aromatic carbocycles. The Bertz CT molecular complexity index is 634. The molecule has 0 aliphatic rings. The molecule has 2 rings (SSSR count). The van der Waals surface area contributed by atoms with Crippen LogP contribution in [0.1, 0.15) is 24.1 Å². The minimum absolute atomic E-state index is 0.0481. The number of ether oxygens (including phenoxy) is 1. The standard InChI is InChI=1S/C16H16BrCl2NO/c1-3-20-16(11-4-6-13(18)14(19)9-11)10-5-7-15(21-2)12(17)8-10/h4-9,16,20H,3H2,1-2H3. The largest absolute Gasteiger partial charge is 0.496 e. The summed E-state index contributed by atoms with van der Waals surface area (Å²) in [6.45, 7) is 2.91. The first kappa shape index (κ1) is 16.6. The van der Waals surface area contributed by atoms with Gasteiger partial charge in [-0.25, -0.2) is 0 Å². The van der Waals surface area contributed by atoms with E-state index in [0.29, 0.717) is 10.0 Å². The predicted octanol–water partition coefficient (Wildman–Crippen LogP) is 5.46. The number of hydrogen-bond donors (Lipinski definition) is 1. The van der Waals surface area contributed by atoms with Gasteiger partial charge in [0.2, 0.25) is 0 Å². The summed E-state index contributed by atoms with van der Waals surface area (Å²) in [6.07, 6.45) is 0. The van der Waals surface area contributed by atoms with Gasteiger partial charge < -0.3 is 10.1 Å². The molecule has 2 nitrogen and oxygen atoms in total. The Balaban J connectivity index is 2.42. The molecule has 1 unspecified atom stereocenters. The second-order valence-corrected chi connectivity index (χ2v) is 6.23. The summed E-state index contributed by atoms with van der Waals surface area (Å²) >= 11 is 15.7. The van der Waals surface area contributed by atoms with E-state index in [1.165, 1.54) is 0 Å². The fourth-order valence-corrected chi connectivity index (χ4v) is 3.05. The minimum Gasteiger partial charge on any atom is -0.496 e. The van der Waals surface area contributed by atoms with Crippen LogP contribution in [0, 0.1) is 0 Å². The molecule has 2 aromatic rings. The molecule has 1 N–H and O–H groups in total. The third-order valence-corrected chi connectivity index (χ3v) is 4.55. The van der Waals surface area contributed by atoms with Crippen LogP contribution in [0.2, 0.25) is 10.0 Å². The molecule has 0 heterocycles. The van der Waals surface area contributed by atoms with Crippen molar-refractivity contribution in [1.29, 1.82) is 0 Å². The maximum Gasteiger partial charge on any atom is 0.133 e. The van der Waals surface area contributed by atoms with Gasteiger partial charge in [-0.15, -0.1) is 0 Å². The van der Waals surface area contributed by atoms with Gasteiger partial charge in [0.25, 0.3) is 0 Å². The smallest absolute Gasteiger partial charge is 0.133 e. The fourth-order valence-electron chi connectivity index (χ4n) is 2.19. The van der Waals surface area contributed by atoms with E-state index in [9.17, 15) is 0 Å². The number of methoxy groups -OCH3 is 1. The highest BCUT2D eigenvalue weighted by molar-refractivity contribution is 9.10. The van der Waals surface area contributed by atoms with E-state index in [4.69, 9.17) is 27.9 Å². The summed E-state index contributed by atoms with van der Waals surface area (Å²) in [5.41, 5.74) is 2.20. The molecule has 0 fully saturated rings. The lowest BCUT2D eigenvalue weighted by atomic mass is 9.98. The molecule has 0 amide bonds. The van der Waals surface area contributed by atoms with E-state index >= 15 is 0 Å². The summed E-state index contributed by atoms with van der Waals surface area (Å²) in [5, 5.41) is 4.58. The van der Waals surface area contributed by atoms with Gasteiger partial charge in [-0.2, -0.15) is 0 Å². The van der Waals surface area contributed by atoms with Gasteiger partial charge in [-0.1, -0.05) is 42.3 Å². The lowest BCUT2D eigenvalue weighted by Gasteiger charge is -2.20. The van der Waals surface area contributed by atoms with Crippen LogP contribution in [-0.2, 0) is 0 Å². The summed E-state index contributed by atoms with van der Waals surface area (Å²) in [7, 11) is 1.65. The average Bonchev–Trinajstić information content (AvgIpc) is 2.48. The van der Waals surface area contributed by atoms with Crippen molar-refractivity contribution < 1.29 is 4.74 Å². The Kier molecular flexibility index (Phi) is 5.94. The molecule has 0 saturated carbocycles. The van der Waals surface area contributed by atoms with Crippen molar-refractivity contribution in [2.75, 3.05) is 13.7 Å². The zero-order valence-electron chi connectivity index (χ0n) is 11.8. The highest BCUT2D eigenvalue weighted by Crippen LogP contribution is 2.32. The van der Waals surface area contributed by atoms with Crippen molar-refractivity contribution in [2.45, 2.75) is 13.0 Å². The average molecular weight is 389 g/mol. The van der Waals surface area contributed by atoms with Crippen molar-refractivity contribution in [3.8, 4) is 5.75 Å². The maximum atomic E-state index is 6.14. The molecule has 0 saturated heterocycles. The Morgan fingerprint density at radius 2 is 1.76 bits per heavy atom. The van der Waals surface area contributed by atoms with E-state index in [1.54, 1.807) is 7.11 Å². The zero-order chi connectivity index (χ0) is 15.4. The van der Waals surface area contributed by atoms with Crippen LogP contribution in [0.4, 0.5) is 0 Å². The Morgan fingerprint density at radius 1 is 1.10 bits per heavy atom. The van der Waals surface area contributed by atoms with Crippen LogP contribution < -0.4 is 10.1 Å². The molecule has 0 bridgehead atoms. The molecular weight excluding hydrogens is 373 g/mol. The van der Waals surface area contributed by atoms with Crippen LogP contribution in [0.5, 0.6) is 5.75 Å². The Hall–Kier alpha value is -0.740. The van der Waals surface area contributed by atoms with Crippen LogP contribution in [0.3, 0.4) is 0 Å². The van der Waals surface area contributed by atoms with Gasteiger partial charge >= 0.3 is 0 Å². The summed E-state index contributed by atoms with van der Waals surface area (Å²) < 4.78 is 6.20. The SMILES string of the molecule is CCNC(c1ccc(Cl)c(Cl)c1)c1ccc(OC)c(Br)c1. The van der Waals surface area contributed by atoms with Gasteiger partial charge in [-0.05, 0) is 57.9 Å². The molecule has 0 spiro atoms. The molecule has 1 atom stereocenters. The first-order valence-corrected chi connectivity index (χ1v) is 8.13. The molecule has 0 aliphatic carbocycles. The van der Waals surface area contributed by atoms with Crippen LogP contribution >= 0.6 is 39.1 Å². The number of hydrogen-bond acceptors (Lipinski definition) is 2. The Morgan fingerprint density at radius 3 is 2.33 bits per heavy atom. The second-order valence-electron chi connectivity index (χ2n) is 4.56. The summed E-state index contributed by atoms with van der Waals surface area (Å²) in [5.74, 6) is 0.808. The third kappa shape index (κ3) is 3.92. The minimum atomic E-state index is 0.0481. The van der Waals surface area contributed by atoms with Crippen molar-refractivity contribution in [1.82, 2.24) is 5.32 Å². The quantitative estimate of drug-likeness (QED) is 0.733. The molecule has 0 aromatic heterocycles. The van der Waals surface area contributed by atoms with Crippen molar-refractivity contribution in [2.24, 2.45) is 0 Å². The molecule has 21 heavy (non-hydrogen) atoms. The normalized spacial score (nSPS) is 12.2. The number of rotatable bonds is 5. The fraction of sp³-hybridized carbons (Fsp3) is 0.250. The maximum absolute atomic E-state index is 6.14. The Labute approximate surface area is 143 Å². The van der Waals surface area contributed by atoms with E-state index < -0.39 is 0 Å². The highest BCUT2D eigenvalue weighted by Gasteiger charge is 2.15. The lowest BCUT2D eigenvalue weighted by Crippen LogP contribution is -2.22. The van der Waals surface area contributed by atoms with Crippen LogP contribution in [0.15, 0.2) is 40.9 Å². The van der Waals surface area contributed by atoms with Crippen molar-refractivity contribution >= 4 is 39.1 Å². The first-order valence-electron chi connectivity index (χ1n) is 6.58. The van der Waals surface area contributed by atoms with E-state index in [2.05, 4.69) is 34.2 Å². The van der Waals surface area contributed by atoms with Crippen molar-refractivity contribution in [3.63, 3.8) is 0 Å². The van der Waals surface area contributed by atoms with E-state index in [-0.39, 0.29) is 6.04 Å². The number of nitrogens with one attached hydrogen (secondary N) is 1. The number of benzene rings is 2. The third-order valence-electron chi connectivity index (χ3n) is 3.19. The van der Waals surface area contributed by atoms with Gasteiger partial charge in [-0.3, -0.25) is 0 Å². The van der Waals surface area contributed by atoms with Gasteiger partial charge in [0, 0.05) is 0 Å². The monoisotopic (exact) mass is 387 g/mol. The van der Waals surface area contributed by atoms with Gasteiger partial charge in [0.05, 0.1) is 27.7 Å². The molecular formula is C16H16BrCl2NO.